The number of rotatable bonds is 6. The van der Waals surface area contributed by atoms with Crippen LogP contribution < -0.4 is 5.32 Å². The van der Waals surface area contributed by atoms with E-state index in [2.05, 4.69) is 46.4 Å². The molecule has 0 saturated carbocycles. The summed E-state index contributed by atoms with van der Waals surface area (Å²) in [6.07, 6.45) is 7.80. The predicted molar refractivity (Wildman–Crippen MR) is 121 cm³/mol. The molecule has 5 nitrogen and oxygen atoms in total. The van der Waals surface area contributed by atoms with Crippen molar-refractivity contribution in [3.8, 4) is 0 Å². The fourth-order valence-electron chi connectivity index (χ4n) is 4.72. The number of nitrogens with zero attached hydrogens (tertiary/aromatic N) is 3. The molecule has 0 spiro atoms. The molecule has 1 atom stereocenters. The zero-order valence-electron chi connectivity index (χ0n) is 18.1. The van der Waals surface area contributed by atoms with Crippen LogP contribution in [0.2, 0.25) is 0 Å². The molecule has 30 heavy (non-hydrogen) atoms. The van der Waals surface area contributed by atoms with E-state index in [4.69, 9.17) is 0 Å². The van der Waals surface area contributed by atoms with Gasteiger partial charge in [-0.2, -0.15) is 0 Å². The first-order valence-electron chi connectivity index (χ1n) is 11.5. The normalized spacial score (nSPS) is 20.2. The summed E-state index contributed by atoms with van der Waals surface area (Å²) in [4.78, 5) is 22.1. The highest BCUT2D eigenvalue weighted by atomic mass is 16.2. The fourth-order valence-corrected chi connectivity index (χ4v) is 4.72. The van der Waals surface area contributed by atoms with Crippen molar-refractivity contribution in [2.45, 2.75) is 52.1 Å². The van der Waals surface area contributed by atoms with E-state index < -0.39 is 0 Å². The molecule has 2 fully saturated rings. The zero-order valence-corrected chi connectivity index (χ0v) is 18.1. The molecule has 0 bridgehead atoms. The third-order valence-electron chi connectivity index (χ3n) is 6.38. The first-order chi connectivity index (χ1) is 14.7. The number of aromatic nitrogens is 1. The van der Waals surface area contributed by atoms with Gasteiger partial charge in [0, 0.05) is 38.9 Å². The molecule has 0 radical (unpaired) electrons. The highest BCUT2D eigenvalue weighted by Gasteiger charge is 2.21. The summed E-state index contributed by atoms with van der Waals surface area (Å²) < 4.78 is 0. The average molecular weight is 407 g/mol. The number of pyridine rings is 1. The van der Waals surface area contributed by atoms with Gasteiger partial charge < -0.3 is 10.2 Å². The smallest absolute Gasteiger partial charge is 0.257 e. The van der Waals surface area contributed by atoms with E-state index in [0.29, 0.717) is 17.9 Å². The molecule has 0 aliphatic carbocycles. The molecular weight excluding hydrogens is 372 g/mol. The third-order valence-corrected chi connectivity index (χ3v) is 6.38. The fraction of sp³-hybridized carbons (Fsp3) is 0.520. The van der Waals surface area contributed by atoms with Gasteiger partial charge in [0.2, 0.25) is 0 Å². The van der Waals surface area contributed by atoms with Crippen molar-refractivity contribution in [1.82, 2.24) is 14.8 Å². The molecule has 160 valence electrons. The molecule has 1 unspecified atom stereocenters. The van der Waals surface area contributed by atoms with E-state index in [1.807, 2.05) is 17.0 Å². The van der Waals surface area contributed by atoms with Gasteiger partial charge in [0.15, 0.2) is 0 Å². The quantitative estimate of drug-likeness (QED) is 0.764. The minimum absolute atomic E-state index is 0.0980. The summed E-state index contributed by atoms with van der Waals surface area (Å²) in [5, 5.41) is 3.46. The second-order valence-corrected chi connectivity index (χ2v) is 8.86. The molecule has 3 heterocycles. The number of likely N-dealkylation sites (tertiary alicyclic amines) is 2. The molecule has 1 aromatic heterocycles. The summed E-state index contributed by atoms with van der Waals surface area (Å²) in [5.41, 5.74) is 3.32. The minimum Gasteiger partial charge on any atom is -0.365 e. The van der Waals surface area contributed by atoms with Crippen molar-refractivity contribution < 1.29 is 4.79 Å². The second kappa shape index (κ2) is 10.1. The highest BCUT2D eigenvalue weighted by Crippen LogP contribution is 2.22. The topological polar surface area (TPSA) is 48.5 Å². The van der Waals surface area contributed by atoms with E-state index in [-0.39, 0.29) is 5.91 Å². The first-order valence-corrected chi connectivity index (χ1v) is 11.5. The van der Waals surface area contributed by atoms with Crippen LogP contribution in [0.15, 0.2) is 42.6 Å². The lowest BCUT2D eigenvalue weighted by Crippen LogP contribution is -2.36. The lowest BCUT2D eigenvalue weighted by Gasteiger charge is -2.31. The molecule has 2 aliphatic rings. The van der Waals surface area contributed by atoms with Crippen LogP contribution >= 0.6 is 0 Å². The summed E-state index contributed by atoms with van der Waals surface area (Å²) >= 11 is 0. The maximum absolute atomic E-state index is 13.0. The Hall–Kier alpha value is -2.40. The molecule has 5 heteroatoms. The Morgan fingerprint density at radius 3 is 2.63 bits per heavy atom. The maximum atomic E-state index is 13.0. The van der Waals surface area contributed by atoms with Gasteiger partial charge in [-0.05, 0) is 67.8 Å². The van der Waals surface area contributed by atoms with Gasteiger partial charge in [-0.3, -0.25) is 9.69 Å². The molecule has 1 aromatic carbocycles. The third kappa shape index (κ3) is 5.20. The van der Waals surface area contributed by atoms with Gasteiger partial charge in [0.05, 0.1) is 5.56 Å². The van der Waals surface area contributed by atoms with Crippen molar-refractivity contribution in [1.29, 1.82) is 0 Å². The monoisotopic (exact) mass is 406 g/mol. The average Bonchev–Trinajstić information content (AvgIpc) is 2.79. The molecule has 2 aliphatic heterocycles. The van der Waals surface area contributed by atoms with Gasteiger partial charge in [-0.1, -0.05) is 31.2 Å². The van der Waals surface area contributed by atoms with Crippen LogP contribution in [0.3, 0.4) is 0 Å². The number of anilines is 1. The number of benzene rings is 1. The number of hydrogen-bond donors (Lipinski definition) is 1. The number of nitrogens with one attached hydrogen (secondary N) is 1. The van der Waals surface area contributed by atoms with Gasteiger partial charge in [-0.25, -0.2) is 4.98 Å². The highest BCUT2D eigenvalue weighted by molar-refractivity contribution is 5.98. The minimum atomic E-state index is 0.0980. The van der Waals surface area contributed by atoms with Crippen molar-refractivity contribution in [3.63, 3.8) is 0 Å². The Kier molecular flexibility index (Phi) is 7.00. The molecule has 1 N–H and O–H groups in total. The van der Waals surface area contributed by atoms with Crippen LogP contribution in [-0.4, -0.2) is 46.9 Å². The van der Waals surface area contributed by atoms with Gasteiger partial charge in [0.1, 0.15) is 5.82 Å². The lowest BCUT2D eigenvalue weighted by atomic mass is 9.99. The maximum Gasteiger partial charge on any atom is 0.257 e. The SMILES string of the molecule is CC1CCCN(Cc2ccccc2CNc2ncccc2C(=O)N2CCCCC2)C1. The zero-order chi connectivity index (χ0) is 20.8. The Bertz CT molecular complexity index is 847. The number of hydrogen-bond acceptors (Lipinski definition) is 4. The molecule has 1 amide bonds. The Morgan fingerprint density at radius 1 is 1.03 bits per heavy atom. The molecule has 2 aromatic rings. The van der Waals surface area contributed by atoms with E-state index in [1.54, 1.807) is 6.20 Å². The number of carbonyl (C=O) groups excluding carboxylic acids is 1. The van der Waals surface area contributed by atoms with E-state index >= 15 is 0 Å². The largest absolute Gasteiger partial charge is 0.365 e. The van der Waals surface area contributed by atoms with Crippen LogP contribution in [0.1, 0.15) is 60.5 Å². The van der Waals surface area contributed by atoms with Crippen molar-refractivity contribution in [2.75, 3.05) is 31.5 Å². The van der Waals surface area contributed by atoms with Crippen LogP contribution in [-0.2, 0) is 13.1 Å². The van der Waals surface area contributed by atoms with Gasteiger partial charge >= 0.3 is 0 Å². The van der Waals surface area contributed by atoms with Crippen molar-refractivity contribution >= 4 is 11.7 Å². The number of carbonyl (C=O) groups is 1. The Balaban J connectivity index is 1.45. The first kappa shape index (κ1) is 20.9. The summed E-state index contributed by atoms with van der Waals surface area (Å²) in [5.74, 6) is 1.57. The Labute approximate surface area is 180 Å². The van der Waals surface area contributed by atoms with Gasteiger partial charge in [0.25, 0.3) is 5.91 Å². The second-order valence-electron chi connectivity index (χ2n) is 8.86. The lowest BCUT2D eigenvalue weighted by molar-refractivity contribution is 0.0725. The van der Waals surface area contributed by atoms with E-state index in [9.17, 15) is 4.79 Å². The number of amides is 1. The van der Waals surface area contributed by atoms with Gasteiger partial charge in [-0.15, -0.1) is 0 Å². The summed E-state index contributed by atoms with van der Waals surface area (Å²) in [6.45, 7) is 8.08. The van der Waals surface area contributed by atoms with E-state index in [0.717, 1.165) is 38.4 Å². The standard InChI is InChI=1S/C25H34N4O/c1-20-9-8-14-28(18-20)19-22-11-4-3-10-21(22)17-27-24-23(12-7-13-26-24)25(30)29-15-5-2-6-16-29/h3-4,7,10-13,20H,2,5-6,8-9,14-19H2,1H3,(H,26,27). The summed E-state index contributed by atoms with van der Waals surface area (Å²) in [6, 6.07) is 12.4. The molecular formula is C25H34N4O. The van der Waals surface area contributed by atoms with Crippen LogP contribution in [0.5, 0.6) is 0 Å². The van der Waals surface area contributed by atoms with Crippen molar-refractivity contribution in [2.24, 2.45) is 5.92 Å². The van der Waals surface area contributed by atoms with Crippen LogP contribution in [0.25, 0.3) is 0 Å². The van der Waals surface area contributed by atoms with E-state index in [1.165, 1.54) is 43.5 Å². The molecule has 2 saturated heterocycles. The predicted octanol–water partition coefficient (Wildman–Crippen LogP) is 4.55. The summed E-state index contributed by atoms with van der Waals surface area (Å²) in [7, 11) is 0. The van der Waals surface area contributed by atoms with Crippen LogP contribution in [0, 0.1) is 5.92 Å². The molecule has 4 rings (SSSR count). The van der Waals surface area contributed by atoms with Crippen molar-refractivity contribution in [3.05, 3.63) is 59.3 Å². The number of piperidine rings is 2. The Morgan fingerprint density at radius 2 is 1.83 bits per heavy atom. The van der Waals surface area contributed by atoms with Crippen LogP contribution in [0.4, 0.5) is 5.82 Å².